The average molecular weight is 318 g/mol. The molecular weight excluding hydrogens is 302 g/mol. The second-order valence-electron chi connectivity index (χ2n) is 5.13. The number of hydrogen-bond donors (Lipinski definition) is 1. The monoisotopic (exact) mass is 317 g/mol. The van der Waals surface area contributed by atoms with Gasteiger partial charge in [-0.3, -0.25) is 4.79 Å². The molecule has 2 atom stereocenters. The van der Waals surface area contributed by atoms with E-state index in [-0.39, 0.29) is 28.9 Å². The smallest absolute Gasteiger partial charge is 0.308 e. The van der Waals surface area contributed by atoms with Crippen molar-refractivity contribution in [1.82, 2.24) is 4.31 Å². The van der Waals surface area contributed by atoms with Gasteiger partial charge < -0.3 is 5.11 Å². The molecule has 7 heteroatoms. The minimum atomic E-state index is -3.75. The first-order valence-corrected chi connectivity index (χ1v) is 8.05. The molecule has 0 unspecified atom stereocenters. The summed E-state index contributed by atoms with van der Waals surface area (Å²) in [5, 5.41) is 9.28. The molecule has 1 aliphatic heterocycles. The lowest BCUT2D eigenvalue weighted by molar-refractivity contribution is -0.142. The van der Waals surface area contributed by atoms with Crippen LogP contribution in [0.5, 0.6) is 0 Å². The number of hydrogen-bond acceptors (Lipinski definition) is 3. The zero-order valence-corrected chi connectivity index (χ0v) is 12.8. The van der Waals surface area contributed by atoms with E-state index < -0.39 is 21.9 Å². The van der Waals surface area contributed by atoms with Crippen molar-refractivity contribution < 1.29 is 18.3 Å². The number of benzene rings is 1. The molecular formula is C13H16ClNO4S. The highest BCUT2D eigenvalue weighted by Gasteiger charge is 2.41. The van der Waals surface area contributed by atoms with Crippen LogP contribution in [-0.4, -0.2) is 36.9 Å². The van der Waals surface area contributed by atoms with E-state index in [4.69, 9.17) is 16.7 Å². The first-order valence-electron chi connectivity index (χ1n) is 6.23. The highest BCUT2D eigenvalue weighted by Crippen LogP contribution is 2.32. The largest absolute Gasteiger partial charge is 0.481 e. The van der Waals surface area contributed by atoms with Gasteiger partial charge in [0.25, 0.3) is 0 Å². The average Bonchev–Trinajstić information content (AvgIpc) is 2.75. The van der Waals surface area contributed by atoms with Crippen LogP contribution in [-0.2, 0) is 14.8 Å². The van der Waals surface area contributed by atoms with E-state index in [2.05, 4.69) is 0 Å². The Labute approximate surface area is 123 Å². The molecule has 1 saturated heterocycles. The van der Waals surface area contributed by atoms with E-state index in [9.17, 15) is 13.2 Å². The highest BCUT2D eigenvalue weighted by molar-refractivity contribution is 7.89. The van der Waals surface area contributed by atoms with Crippen molar-refractivity contribution in [3.63, 3.8) is 0 Å². The molecule has 5 nitrogen and oxygen atoms in total. The summed E-state index contributed by atoms with van der Waals surface area (Å²) >= 11 is 6.07. The van der Waals surface area contributed by atoms with Crippen LogP contribution in [0.2, 0.25) is 5.02 Å². The van der Waals surface area contributed by atoms with Gasteiger partial charge in [0.05, 0.1) is 10.9 Å². The van der Waals surface area contributed by atoms with Crippen LogP contribution in [0.3, 0.4) is 0 Å². The number of halogens is 1. The van der Waals surface area contributed by atoms with Gasteiger partial charge in [0.1, 0.15) is 4.90 Å². The third kappa shape index (κ3) is 2.55. The molecule has 110 valence electrons. The van der Waals surface area contributed by atoms with Gasteiger partial charge in [-0.15, -0.1) is 0 Å². The van der Waals surface area contributed by atoms with E-state index >= 15 is 0 Å². The lowest BCUT2D eigenvalue weighted by atomic mass is 9.99. The van der Waals surface area contributed by atoms with Crippen molar-refractivity contribution in [2.45, 2.75) is 18.7 Å². The van der Waals surface area contributed by atoms with Crippen LogP contribution < -0.4 is 0 Å². The molecule has 1 N–H and O–H groups in total. The van der Waals surface area contributed by atoms with E-state index in [1.165, 1.54) is 10.4 Å². The fourth-order valence-electron chi connectivity index (χ4n) is 2.40. The third-order valence-corrected chi connectivity index (χ3v) is 6.16. The summed E-state index contributed by atoms with van der Waals surface area (Å²) in [6, 6.07) is 4.81. The van der Waals surface area contributed by atoms with Gasteiger partial charge in [-0.05, 0) is 24.5 Å². The number of carboxylic acids is 1. The molecule has 0 bridgehead atoms. The molecule has 1 heterocycles. The topological polar surface area (TPSA) is 74.7 Å². The fourth-order valence-corrected chi connectivity index (χ4v) is 4.52. The predicted octanol–water partition coefficient (Wildman–Crippen LogP) is 1.99. The number of sulfonamides is 1. The molecule has 0 aromatic heterocycles. The van der Waals surface area contributed by atoms with Crippen molar-refractivity contribution in [3.8, 4) is 0 Å². The summed E-state index contributed by atoms with van der Waals surface area (Å²) in [7, 11) is -3.75. The zero-order chi connectivity index (χ0) is 15.1. The lowest BCUT2D eigenvalue weighted by Crippen LogP contribution is -2.30. The number of carboxylic acid groups (broad SMARTS) is 1. The number of carbonyl (C=O) groups is 1. The summed E-state index contributed by atoms with van der Waals surface area (Å²) in [4.78, 5) is 11.1. The van der Waals surface area contributed by atoms with Gasteiger partial charge in [0.2, 0.25) is 10.0 Å². The summed E-state index contributed by atoms with van der Waals surface area (Å²) in [6.07, 6.45) is 0. The third-order valence-electron chi connectivity index (χ3n) is 3.67. The standard InChI is InChI=1S/C13H16ClNO4S/c1-8-4-3-5-11(12(8)14)20(18,19)15-6-9(2)10(7-15)13(16)17/h3-5,9-10H,6-7H2,1-2H3,(H,16,17)/t9-,10-/m1/s1. The first-order chi connectivity index (χ1) is 9.25. The Morgan fingerprint density at radius 3 is 2.60 bits per heavy atom. The number of aryl methyl sites for hydroxylation is 1. The highest BCUT2D eigenvalue weighted by atomic mass is 35.5. The Morgan fingerprint density at radius 1 is 1.40 bits per heavy atom. The molecule has 2 rings (SSSR count). The van der Waals surface area contributed by atoms with Gasteiger partial charge >= 0.3 is 5.97 Å². The van der Waals surface area contributed by atoms with Crippen LogP contribution in [0, 0.1) is 18.8 Å². The van der Waals surface area contributed by atoms with Crippen molar-refractivity contribution in [2.24, 2.45) is 11.8 Å². The molecule has 0 saturated carbocycles. The van der Waals surface area contributed by atoms with Gasteiger partial charge in [-0.1, -0.05) is 30.7 Å². The van der Waals surface area contributed by atoms with Gasteiger partial charge in [0, 0.05) is 13.1 Å². The van der Waals surface area contributed by atoms with E-state index in [0.29, 0.717) is 5.56 Å². The Hall–Kier alpha value is -1.11. The van der Waals surface area contributed by atoms with Crippen molar-refractivity contribution >= 4 is 27.6 Å². The number of rotatable bonds is 3. The minimum absolute atomic E-state index is 0.0108. The minimum Gasteiger partial charge on any atom is -0.481 e. The Bertz CT molecular complexity index is 644. The van der Waals surface area contributed by atoms with Crippen LogP contribution in [0.4, 0.5) is 0 Å². The summed E-state index contributed by atoms with van der Waals surface area (Å²) < 4.78 is 26.3. The summed E-state index contributed by atoms with van der Waals surface area (Å²) in [5.41, 5.74) is 0.676. The van der Waals surface area contributed by atoms with Crippen LogP contribution in [0.25, 0.3) is 0 Å². The van der Waals surface area contributed by atoms with Gasteiger partial charge in [-0.25, -0.2) is 8.42 Å². The quantitative estimate of drug-likeness (QED) is 0.925. The maximum Gasteiger partial charge on any atom is 0.308 e. The normalized spacial score (nSPS) is 23.9. The molecule has 1 aromatic carbocycles. The van der Waals surface area contributed by atoms with Crippen LogP contribution >= 0.6 is 11.6 Å². The molecule has 0 amide bonds. The molecule has 20 heavy (non-hydrogen) atoms. The second kappa shape index (κ2) is 5.35. The number of nitrogens with zero attached hydrogens (tertiary/aromatic N) is 1. The lowest BCUT2D eigenvalue weighted by Gasteiger charge is -2.17. The molecule has 0 radical (unpaired) electrons. The molecule has 0 spiro atoms. The first kappa shape index (κ1) is 15.3. The maximum atomic E-state index is 12.6. The van der Waals surface area contributed by atoms with E-state index in [1.807, 2.05) is 0 Å². The van der Waals surface area contributed by atoms with Gasteiger partial charge in [-0.2, -0.15) is 4.31 Å². The molecule has 1 aliphatic rings. The molecule has 1 fully saturated rings. The van der Waals surface area contributed by atoms with E-state index in [1.54, 1.807) is 26.0 Å². The van der Waals surface area contributed by atoms with Crippen molar-refractivity contribution in [3.05, 3.63) is 28.8 Å². The fraction of sp³-hybridized carbons (Fsp3) is 0.462. The number of aliphatic carboxylic acids is 1. The molecule has 1 aromatic rings. The SMILES string of the molecule is Cc1cccc(S(=O)(=O)N2C[C@@H](C)[C@H](C(=O)O)C2)c1Cl. The summed E-state index contributed by atoms with van der Waals surface area (Å²) in [5.74, 6) is -1.86. The Morgan fingerprint density at radius 2 is 2.05 bits per heavy atom. The van der Waals surface area contributed by atoms with Crippen LogP contribution in [0.1, 0.15) is 12.5 Å². The Kier molecular flexibility index (Phi) is 4.09. The van der Waals surface area contributed by atoms with Crippen molar-refractivity contribution in [2.75, 3.05) is 13.1 Å². The van der Waals surface area contributed by atoms with Crippen LogP contribution in [0.15, 0.2) is 23.1 Å². The van der Waals surface area contributed by atoms with Crippen molar-refractivity contribution in [1.29, 1.82) is 0 Å². The second-order valence-corrected chi connectivity index (χ2v) is 7.42. The summed E-state index contributed by atoms with van der Waals surface area (Å²) in [6.45, 7) is 3.66. The Balaban J connectivity index is 2.38. The zero-order valence-electron chi connectivity index (χ0n) is 11.2. The van der Waals surface area contributed by atoms with Gasteiger partial charge in [0.15, 0.2) is 0 Å². The molecule has 0 aliphatic carbocycles. The predicted molar refractivity (Wildman–Crippen MR) is 75.2 cm³/mol. The van der Waals surface area contributed by atoms with E-state index in [0.717, 1.165) is 0 Å². The maximum absolute atomic E-state index is 12.6.